The monoisotopic (exact) mass is 267 g/mol. The lowest BCUT2D eigenvalue weighted by molar-refractivity contribution is -0.131. The Morgan fingerprint density at radius 1 is 0.950 bits per heavy atom. The predicted octanol–water partition coefficient (Wildman–Crippen LogP) is 3.04. The maximum absolute atomic E-state index is 11.9. The highest BCUT2D eigenvalue weighted by Crippen LogP contribution is 2.12. The van der Waals surface area contributed by atoms with Gasteiger partial charge >= 0.3 is 5.97 Å². The lowest BCUT2D eigenvalue weighted by atomic mass is 10.1. The van der Waals surface area contributed by atoms with E-state index in [0.29, 0.717) is 11.3 Å². The van der Waals surface area contributed by atoms with Crippen molar-refractivity contribution in [2.24, 2.45) is 0 Å². The van der Waals surface area contributed by atoms with Gasteiger partial charge < -0.3 is 10.4 Å². The topological polar surface area (TPSA) is 66.4 Å². The van der Waals surface area contributed by atoms with Crippen LogP contribution in [0.3, 0.4) is 0 Å². The molecule has 0 aliphatic heterocycles. The second-order valence-electron chi connectivity index (χ2n) is 4.11. The minimum absolute atomic E-state index is 0.181. The fourth-order valence-electron chi connectivity index (χ4n) is 1.64. The van der Waals surface area contributed by atoms with Gasteiger partial charge in [0.25, 0.3) is 5.91 Å². The third-order valence-electron chi connectivity index (χ3n) is 2.62. The summed E-state index contributed by atoms with van der Waals surface area (Å²) in [5.41, 5.74) is 2.00. The predicted molar refractivity (Wildman–Crippen MR) is 77.5 cm³/mol. The van der Waals surface area contributed by atoms with Gasteiger partial charge in [0.1, 0.15) is 0 Å². The number of anilines is 1. The van der Waals surface area contributed by atoms with E-state index in [4.69, 9.17) is 5.11 Å². The Hall–Kier alpha value is -2.88. The van der Waals surface area contributed by atoms with Crippen LogP contribution in [0.5, 0.6) is 0 Å². The van der Waals surface area contributed by atoms with Crippen LogP contribution in [0.15, 0.2) is 60.7 Å². The highest BCUT2D eigenvalue weighted by molar-refractivity contribution is 6.04. The van der Waals surface area contributed by atoms with E-state index < -0.39 is 5.97 Å². The minimum Gasteiger partial charge on any atom is -0.478 e. The summed E-state index contributed by atoms with van der Waals surface area (Å²) in [6.07, 6.45) is 2.56. The molecule has 0 spiro atoms. The molecular weight excluding hydrogens is 254 g/mol. The van der Waals surface area contributed by atoms with E-state index in [-0.39, 0.29) is 5.91 Å². The maximum Gasteiger partial charge on any atom is 0.328 e. The van der Waals surface area contributed by atoms with Gasteiger partial charge in [-0.15, -0.1) is 0 Å². The fraction of sp³-hybridized carbons (Fsp3) is 0. The number of carbonyl (C=O) groups is 2. The molecule has 20 heavy (non-hydrogen) atoms. The first kappa shape index (κ1) is 13.5. The number of carbonyl (C=O) groups excluding carboxylic acids is 1. The maximum atomic E-state index is 11.9. The lowest BCUT2D eigenvalue weighted by Gasteiger charge is -2.05. The number of amides is 1. The van der Waals surface area contributed by atoms with Crippen LogP contribution in [-0.2, 0) is 4.79 Å². The van der Waals surface area contributed by atoms with Crippen molar-refractivity contribution in [3.05, 3.63) is 71.8 Å². The van der Waals surface area contributed by atoms with Gasteiger partial charge in [0.2, 0.25) is 0 Å². The summed E-state index contributed by atoms with van der Waals surface area (Å²) in [5, 5.41) is 11.3. The zero-order valence-corrected chi connectivity index (χ0v) is 10.6. The van der Waals surface area contributed by atoms with Crippen molar-refractivity contribution < 1.29 is 14.7 Å². The summed E-state index contributed by atoms with van der Waals surface area (Å²) in [7, 11) is 0. The van der Waals surface area contributed by atoms with Crippen molar-refractivity contribution in [3.63, 3.8) is 0 Å². The van der Waals surface area contributed by atoms with E-state index in [0.717, 1.165) is 11.6 Å². The van der Waals surface area contributed by atoms with Gasteiger partial charge in [-0.2, -0.15) is 0 Å². The normalized spacial score (nSPS) is 10.4. The van der Waals surface area contributed by atoms with Gasteiger partial charge in [-0.1, -0.05) is 30.3 Å². The molecule has 0 radical (unpaired) electrons. The molecule has 0 saturated carbocycles. The van der Waals surface area contributed by atoms with Gasteiger partial charge in [-0.05, 0) is 35.9 Å². The van der Waals surface area contributed by atoms with Crippen LogP contribution >= 0.6 is 0 Å². The Morgan fingerprint density at radius 2 is 1.60 bits per heavy atom. The number of nitrogens with one attached hydrogen (secondary N) is 1. The van der Waals surface area contributed by atoms with Gasteiger partial charge in [0.05, 0.1) is 0 Å². The molecule has 2 aromatic rings. The zero-order chi connectivity index (χ0) is 14.4. The van der Waals surface area contributed by atoms with Crippen LogP contribution in [0.1, 0.15) is 15.9 Å². The smallest absolute Gasteiger partial charge is 0.328 e. The average Bonchev–Trinajstić information content (AvgIpc) is 2.47. The lowest BCUT2D eigenvalue weighted by Crippen LogP contribution is -2.11. The number of aliphatic carboxylic acids is 1. The first-order valence-corrected chi connectivity index (χ1v) is 6.02. The van der Waals surface area contributed by atoms with E-state index in [2.05, 4.69) is 5.32 Å². The molecule has 4 nitrogen and oxygen atoms in total. The summed E-state index contributed by atoms with van der Waals surface area (Å²) in [5.74, 6) is -1.18. The van der Waals surface area contributed by atoms with Crippen molar-refractivity contribution in [3.8, 4) is 0 Å². The van der Waals surface area contributed by atoms with Crippen LogP contribution in [0.25, 0.3) is 6.08 Å². The Bertz CT molecular complexity index is 631. The van der Waals surface area contributed by atoms with Crippen molar-refractivity contribution >= 4 is 23.6 Å². The van der Waals surface area contributed by atoms with Crippen molar-refractivity contribution in [2.75, 3.05) is 5.32 Å². The van der Waals surface area contributed by atoms with Crippen LogP contribution in [0, 0.1) is 0 Å². The molecule has 2 aromatic carbocycles. The molecule has 0 bridgehead atoms. The summed E-state index contributed by atoms with van der Waals surface area (Å²) in [6, 6.07) is 15.8. The quantitative estimate of drug-likeness (QED) is 0.837. The van der Waals surface area contributed by atoms with Gasteiger partial charge in [0.15, 0.2) is 0 Å². The molecule has 4 heteroatoms. The van der Waals surface area contributed by atoms with E-state index in [9.17, 15) is 9.59 Å². The number of rotatable bonds is 4. The number of carboxylic acids is 1. The number of benzene rings is 2. The second kappa shape index (κ2) is 6.33. The molecule has 0 saturated heterocycles. The van der Waals surface area contributed by atoms with Crippen molar-refractivity contribution in [1.82, 2.24) is 0 Å². The van der Waals surface area contributed by atoms with E-state index in [1.54, 1.807) is 48.5 Å². The summed E-state index contributed by atoms with van der Waals surface area (Å²) in [4.78, 5) is 22.3. The molecule has 2 rings (SSSR count). The van der Waals surface area contributed by atoms with Crippen molar-refractivity contribution in [2.45, 2.75) is 0 Å². The van der Waals surface area contributed by atoms with Gasteiger partial charge in [-0.3, -0.25) is 4.79 Å². The highest BCUT2D eigenvalue weighted by Gasteiger charge is 2.04. The van der Waals surface area contributed by atoms with Crippen LogP contribution < -0.4 is 5.32 Å². The van der Waals surface area contributed by atoms with Gasteiger partial charge in [0, 0.05) is 17.3 Å². The van der Waals surface area contributed by atoms with Crippen LogP contribution in [0.4, 0.5) is 5.69 Å². The SMILES string of the molecule is O=C(O)/C=C/c1ccc(NC(=O)c2ccccc2)cc1. The minimum atomic E-state index is -0.994. The molecule has 0 aromatic heterocycles. The first-order chi connectivity index (χ1) is 9.65. The summed E-state index contributed by atoms with van der Waals surface area (Å²) >= 11 is 0. The molecule has 2 N–H and O–H groups in total. The third kappa shape index (κ3) is 3.81. The van der Waals surface area contributed by atoms with Crippen LogP contribution in [-0.4, -0.2) is 17.0 Å². The summed E-state index contributed by atoms with van der Waals surface area (Å²) < 4.78 is 0. The third-order valence-corrected chi connectivity index (χ3v) is 2.62. The Balaban J connectivity index is 2.04. The number of carboxylic acid groups (broad SMARTS) is 1. The summed E-state index contributed by atoms with van der Waals surface area (Å²) in [6.45, 7) is 0. The molecule has 0 heterocycles. The second-order valence-corrected chi connectivity index (χ2v) is 4.11. The van der Waals surface area contributed by atoms with E-state index >= 15 is 0 Å². The molecule has 0 aliphatic carbocycles. The zero-order valence-electron chi connectivity index (χ0n) is 10.6. The average molecular weight is 267 g/mol. The standard InChI is InChI=1S/C16H13NO3/c18-15(19)11-8-12-6-9-14(10-7-12)17-16(20)13-4-2-1-3-5-13/h1-11H,(H,17,20)(H,18,19)/b11-8+. The van der Waals surface area contributed by atoms with E-state index in [1.807, 2.05) is 6.07 Å². The Labute approximate surface area is 116 Å². The number of hydrogen-bond donors (Lipinski definition) is 2. The van der Waals surface area contributed by atoms with Gasteiger partial charge in [-0.25, -0.2) is 4.79 Å². The Morgan fingerprint density at radius 3 is 2.20 bits per heavy atom. The molecule has 0 atom stereocenters. The van der Waals surface area contributed by atoms with E-state index in [1.165, 1.54) is 6.08 Å². The molecule has 0 aliphatic rings. The largest absolute Gasteiger partial charge is 0.478 e. The Kier molecular flexibility index (Phi) is 4.29. The molecule has 1 amide bonds. The fourth-order valence-corrected chi connectivity index (χ4v) is 1.64. The van der Waals surface area contributed by atoms with Crippen molar-refractivity contribution in [1.29, 1.82) is 0 Å². The molecule has 0 unspecified atom stereocenters. The molecular formula is C16H13NO3. The highest BCUT2D eigenvalue weighted by atomic mass is 16.4. The number of hydrogen-bond acceptors (Lipinski definition) is 2. The molecule has 100 valence electrons. The van der Waals surface area contributed by atoms with Crippen LogP contribution in [0.2, 0.25) is 0 Å². The first-order valence-electron chi connectivity index (χ1n) is 6.02. The molecule has 0 fully saturated rings.